The maximum atomic E-state index is 9.20. The van der Waals surface area contributed by atoms with Crippen molar-refractivity contribution in [3.8, 4) is 0 Å². The van der Waals surface area contributed by atoms with Crippen LogP contribution in [0.25, 0.3) is 0 Å². The molecular weight excluding hydrogens is 176 g/mol. The molecular formula is C9H19ClO2. The summed E-state index contributed by atoms with van der Waals surface area (Å²) >= 11 is 5.44. The second-order valence-corrected chi connectivity index (χ2v) is 3.29. The third-order valence-corrected chi connectivity index (χ3v) is 1.86. The molecule has 0 aromatic heterocycles. The predicted molar refractivity (Wildman–Crippen MR) is 51.7 cm³/mol. The van der Waals surface area contributed by atoms with Gasteiger partial charge in [0.1, 0.15) is 0 Å². The van der Waals surface area contributed by atoms with Gasteiger partial charge in [-0.15, -0.1) is 11.6 Å². The van der Waals surface area contributed by atoms with E-state index >= 15 is 0 Å². The number of aliphatic hydroxyl groups excluding tert-OH is 1. The van der Waals surface area contributed by atoms with Crippen molar-refractivity contribution in [2.75, 3.05) is 19.1 Å². The van der Waals surface area contributed by atoms with Gasteiger partial charge in [-0.1, -0.05) is 19.8 Å². The van der Waals surface area contributed by atoms with Gasteiger partial charge in [-0.25, -0.2) is 0 Å². The van der Waals surface area contributed by atoms with Crippen LogP contribution in [0.4, 0.5) is 0 Å². The monoisotopic (exact) mass is 194 g/mol. The third kappa shape index (κ3) is 8.31. The van der Waals surface area contributed by atoms with Crippen molar-refractivity contribution in [1.29, 1.82) is 0 Å². The van der Waals surface area contributed by atoms with E-state index < -0.39 is 0 Å². The summed E-state index contributed by atoms with van der Waals surface area (Å²) < 4.78 is 5.24. The molecule has 0 bridgehead atoms. The molecule has 0 fully saturated rings. The molecule has 0 radical (unpaired) electrons. The van der Waals surface area contributed by atoms with Crippen LogP contribution >= 0.6 is 11.6 Å². The predicted octanol–water partition coefficient (Wildman–Crippen LogP) is 2.18. The van der Waals surface area contributed by atoms with Gasteiger partial charge in [-0.05, 0) is 12.8 Å². The number of ether oxygens (including phenoxy) is 1. The van der Waals surface area contributed by atoms with E-state index in [-0.39, 0.29) is 6.10 Å². The lowest BCUT2D eigenvalue weighted by atomic mass is 10.2. The van der Waals surface area contributed by atoms with Gasteiger partial charge in [-0.2, -0.15) is 0 Å². The Kier molecular flexibility index (Phi) is 9.46. The Bertz CT molecular complexity index is 88.6. The highest BCUT2D eigenvalue weighted by Crippen LogP contribution is 1.98. The zero-order valence-corrected chi connectivity index (χ0v) is 8.52. The summed E-state index contributed by atoms with van der Waals surface area (Å²) in [5, 5.41) is 9.20. The molecule has 0 aromatic carbocycles. The van der Waals surface area contributed by atoms with Crippen molar-refractivity contribution < 1.29 is 9.84 Å². The fraction of sp³-hybridized carbons (Fsp3) is 1.00. The Morgan fingerprint density at radius 1 is 1.42 bits per heavy atom. The number of aliphatic hydroxyl groups is 1. The quantitative estimate of drug-likeness (QED) is 0.474. The maximum Gasteiger partial charge on any atom is 0.0785 e. The fourth-order valence-corrected chi connectivity index (χ4v) is 1.13. The van der Waals surface area contributed by atoms with E-state index in [1.165, 1.54) is 12.8 Å². The standard InChI is InChI=1S/C9H19ClO2/c1-2-3-4-7-12-8-9(11)5-6-10/h9,11H,2-8H2,1H3. The van der Waals surface area contributed by atoms with Crippen molar-refractivity contribution in [2.24, 2.45) is 0 Å². The number of hydrogen-bond donors (Lipinski definition) is 1. The van der Waals surface area contributed by atoms with E-state index in [1.807, 2.05) is 0 Å². The first-order valence-corrected chi connectivity index (χ1v) is 5.16. The summed E-state index contributed by atoms with van der Waals surface area (Å²) in [5.74, 6) is 0.499. The number of halogens is 1. The molecule has 0 rings (SSSR count). The van der Waals surface area contributed by atoms with Gasteiger partial charge < -0.3 is 9.84 Å². The molecule has 2 nitrogen and oxygen atoms in total. The Morgan fingerprint density at radius 3 is 2.75 bits per heavy atom. The molecule has 0 saturated carbocycles. The second-order valence-electron chi connectivity index (χ2n) is 2.91. The van der Waals surface area contributed by atoms with Crippen molar-refractivity contribution in [3.05, 3.63) is 0 Å². The lowest BCUT2D eigenvalue weighted by molar-refractivity contribution is 0.0340. The molecule has 0 spiro atoms. The summed E-state index contributed by atoms with van der Waals surface area (Å²) in [6.07, 6.45) is 3.72. The molecule has 3 heteroatoms. The largest absolute Gasteiger partial charge is 0.391 e. The average Bonchev–Trinajstić information content (AvgIpc) is 2.05. The molecule has 0 heterocycles. The van der Waals surface area contributed by atoms with Crippen LogP contribution in [0.15, 0.2) is 0 Å². The molecule has 0 aliphatic rings. The van der Waals surface area contributed by atoms with Gasteiger partial charge in [-0.3, -0.25) is 0 Å². The van der Waals surface area contributed by atoms with Crippen molar-refractivity contribution in [3.63, 3.8) is 0 Å². The van der Waals surface area contributed by atoms with Gasteiger partial charge in [0.2, 0.25) is 0 Å². The smallest absolute Gasteiger partial charge is 0.0785 e. The van der Waals surface area contributed by atoms with Crippen molar-refractivity contribution >= 4 is 11.6 Å². The number of unbranched alkanes of at least 4 members (excludes halogenated alkanes) is 2. The number of alkyl halides is 1. The molecule has 1 unspecified atom stereocenters. The van der Waals surface area contributed by atoms with Gasteiger partial charge in [0.25, 0.3) is 0 Å². The maximum absolute atomic E-state index is 9.20. The Labute approximate surface area is 79.9 Å². The number of rotatable bonds is 8. The van der Waals surface area contributed by atoms with Crippen LogP contribution in [0.2, 0.25) is 0 Å². The Balaban J connectivity index is 2.97. The minimum atomic E-state index is -0.385. The molecule has 0 aliphatic carbocycles. The van der Waals surface area contributed by atoms with E-state index in [4.69, 9.17) is 16.3 Å². The Hall–Kier alpha value is 0.210. The molecule has 0 aliphatic heterocycles. The van der Waals surface area contributed by atoms with Gasteiger partial charge in [0, 0.05) is 12.5 Å². The molecule has 12 heavy (non-hydrogen) atoms. The lowest BCUT2D eigenvalue weighted by Gasteiger charge is -2.08. The summed E-state index contributed by atoms with van der Waals surface area (Å²) in [4.78, 5) is 0. The molecule has 1 N–H and O–H groups in total. The van der Waals surface area contributed by atoms with Crippen LogP contribution in [0.1, 0.15) is 32.6 Å². The number of hydrogen-bond acceptors (Lipinski definition) is 2. The van der Waals surface area contributed by atoms with E-state index in [0.717, 1.165) is 13.0 Å². The van der Waals surface area contributed by atoms with Crippen LogP contribution in [0.5, 0.6) is 0 Å². The average molecular weight is 195 g/mol. The van der Waals surface area contributed by atoms with Crippen molar-refractivity contribution in [1.82, 2.24) is 0 Å². The van der Waals surface area contributed by atoms with E-state index in [2.05, 4.69) is 6.92 Å². The first-order valence-electron chi connectivity index (χ1n) is 4.63. The minimum absolute atomic E-state index is 0.385. The summed E-state index contributed by atoms with van der Waals surface area (Å²) in [5.41, 5.74) is 0. The lowest BCUT2D eigenvalue weighted by Crippen LogP contribution is -2.16. The highest BCUT2D eigenvalue weighted by Gasteiger charge is 2.01. The zero-order chi connectivity index (χ0) is 9.23. The van der Waals surface area contributed by atoms with E-state index in [9.17, 15) is 5.11 Å². The van der Waals surface area contributed by atoms with E-state index in [0.29, 0.717) is 18.9 Å². The summed E-state index contributed by atoms with van der Waals surface area (Å²) in [7, 11) is 0. The SMILES string of the molecule is CCCCCOCC(O)CCCl. The van der Waals surface area contributed by atoms with Crippen LogP contribution in [-0.2, 0) is 4.74 Å². The first-order chi connectivity index (χ1) is 5.81. The van der Waals surface area contributed by atoms with Crippen LogP contribution in [0, 0.1) is 0 Å². The topological polar surface area (TPSA) is 29.5 Å². The van der Waals surface area contributed by atoms with Crippen LogP contribution in [-0.4, -0.2) is 30.3 Å². The van der Waals surface area contributed by atoms with Crippen LogP contribution in [0.3, 0.4) is 0 Å². The highest BCUT2D eigenvalue weighted by molar-refractivity contribution is 6.17. The molecule has 0 aromatic rings. The fourth-order valence-electron chi connectivity index (χ4n) is 0.883. The molecule has 74 valence electrons. The molecule has 0 amide bonds. The zero-order valence-electron chi connectivity index (χ0n) is 7.76. The molecule has 1 atom stereocenters. The van der Waals surface area contributed by atoms with Gasteiger partial charge in [0.05, 0.1) is 12.7 Å². The Morgan fingerprint density at radius 2 is 2.17 bits per heavy atom. The van der Waals surface area contributed by atoms with Gasteiger partial charge in [0.15, 0.2) is 0 Å². The normalized spacial score (nSPS) is 13.2. The summed E-state index contributed by atoms with van der Waals surface area (Å²) in [6.45, 7) is 3.34. The van der Waals surface area contributed by atoms with E-state index in [1.54, 1.807) is 0 Å². The van der Waals surface area contributed by atoms with Gasteiger partial charge >= 0.3 is 0 Å². The summed E-state index contributed by atoms with van der Waals surface area (Å²) in [6, 6.07) is 0. The first kappa shape index (κ1) is 12.2. The third-order valence-electron chi connectivity index (χ3n) is 1.64. The van der Waals surface area contributed by atoms with Crippen molar-refractivity contribution in [2.45, 2.75) is 38.7 Å². The van der Waals surface area contributed by atoms with Crippen LogP contribution < -0.4 is 0 Å². The second kappa shape index (κ2) is 9.30. The highest BCUT2D eigenvalue weighted by atomic mass is 35.5. The molecule has 0 saturated heterocycles. The minimum Gasteiger partial charge on any atom is -0.391 e.